The van der Waals surface area contributed by atoms with Gasteiger partial charge in [0.05, 0.1) is 0 Å². The first-order chi connectivity index (χ1) is 18.4. The van der Waals surface area contributed by atoms with Crippen LogP contribution in [-0.4, -0.2) is 33.6 Å². The van der Waals surface area contributed by atoms with E-state index in [1.807, 2.05) is 0 Å². The summed E-state index contributed by atoms with van der Waals surface area (Å²) < 4.78 is 0. The Balaban J connectivity index is 0.000000267. The number of rotatable bonds is 8. The Morgan fingerprint density at radius 1 is 0.667 bits per heavy atom. The molecule has 2 heterocycles. The molecule has 0 aliphatic carbocycles. The van der Waals surface area contributed by atoms with Crippen molar-refractivity contribution >= 4 is 46.9 Å². The summed E-state index contributed by atoms with van der Waals surface area (Å²) in [6, 6.07) is 24.2. The van der Waals surface area contributed by atoms with Crippen LogP contribution in [0.3, 0.4) is 0 Å². The van der Waals surface area contributed by atoms with E-state index in [2.05, 4.69) is 31.2 Å². The zero-order valence-electron chi connectivity index (χ0n) is 21.4. The molecule has 0 spiro atoms. The smallest absolute Gasteiger partial charge is 0.225 e. The van der Waals surface area contributed by atoms with Crippen LogP contribution in [0.2, 0.25) is 0 Å². The van der Waals surface area contributed by atoms with E-state index in [0.717, 1.165) is 0 Å². The first-order valence-corrected chi connectivity index (χ1v) is 12.0. The fourth-order valence-corrected chi connectivity index (χ4v) is 3.04. The van der Waals surface area contributed by atoms with Gasteiger partial charge in [0.2, 0.25) is 17.7 Å². The van der Waals surface area contributed by atoms with Crippen molar-refractivity contribution in [2.24, 2.45) is 0 Å². The van der Waals surface area contributed by atoms with Crippen molar-refractivity contribution in [1.82, 2.24) is 9.97 Å². The second-order valence-electron chi connectivity index (χ2n) is 7.87. The predicted molar refractivity (Wildman–Crippen MR) is 146 cm³/mol. The van der Waals surface area contributed by atoms with Gasteiger partial charge >= 0.3 is 0 Å². The second kappa shape index (κ2) is 15.6. The van der Waals surface area contributed by atoms with Gasteiger partial charge in [0, 0.05) is 29.9 Å². The molecule has 4 aromatic rings. The molecule has 208 valence electrons. The third-order valence-corrected chi connectivity index (χ3v) is 5.01. The van der Waals surface area contributed by atoms with Crippen molar-refractivity contribution in [3.63, 3.8) is 0 Å². The van der Waals surface area contributed by atoms with Gasteiger partial charge in [0.15, 0.2) is 0 Å². The molecule has 0 bridgehead atoms. The number of nitrogens with one attached hydrogen (secondary N) is 4. The van der Waals surface area contributed by atoms with Gasteiger partial charge in [-0.2, -0.15) is 18.0 Å². The maximum Gasteiger partial charge on any atom is 0.225 e. The quantitative estimate of drug-likeness (QED) is 0.178. The van der Waals surface area contributed by atoms with Crippen LogP contribution in [0.5, 0.6) is 0 Å². The zero-order valence-corrected chi connectivity index (χ0v) is 22.5. The Labute approximate surface area is 236 Å². The largest absolute Gasteiger partial charge is 0.698 e. The first kappa shape index (κ1) is 30.6. The molecule has 0 saturated heterocycles. The molecule has 0 aliphatic rings. The number of hydrogen-bond acceptors (Lipinski definition) is 6. The number of nitrogens with zero attached hydrogens (tertiary/aromatic N) is 2. The van der Waals surface area contributed by atoms with E-state index < -0.39 is 0 Å². The van der Waals surface area contributed by atoms with Crippen LogP contribution >= 0.6 is 0 Å². The van der Waals surface area contributed by atoms with Crippen molar-refractivity contribution in [2.75, 3.05) is 21.3 Å². The van der Waals surface area contributed by atoms with Crippen LogP contribution in [0, 0.1) is 0 Å². The zero-order chi connectivity index (χ0) is 27.3. The maximum absolute atomic E-state index is 11.8. The molecule has 11 heteroatoms. The standard InChI is InChI=1S/2C14H14N3O2.Fe/c2*1-2-13(18)16-11-8-5-9-12(15-11)17-14(19)10-6-3-4-7-10;/h2*3-9H,2H2,1H3,(H2,15,16,17,18,19);/q-5;-1;. The van der Waals surface area contributed by atoms with E-state index in [-0.39, 0.29) is 40.7 Å². The Morgan fingerprint density at radius 3 is 1.51 bits per heavy atom. The summed E-state index contributed by atoms with van der Waals surface area (Å²) in [5.74, 6) is 0.964. The molecule has 0 unspecified atom stereocenters. The summed E-state index contributed by atoms with van der Waals surface area (Å²) >= 11 is 0. The van der Waals surface area contributed by atoms with Crippen LogP contribution in [-0.2, 0) is 26.7 Å². The fraction of sp³-hybridized carbons (Fsp3) is 0.143. The Kier molecular flexibility index (Phi) is 12.3. The van der Waals surface area contributed by atoms with Crippen LogP contribution in [0.25, 0.3) is 0 Å². The third kappa shape index (κ3) is 9.99. The van der Waals surface area contributed by atoms with Gasteiger partial charge < -0.3 is 55.9 Å². The molecule has 2 aromatic heterocycles. The summed E-state index contributed by atoms with van der Waals surface area (Å²) in [7, 11) is 0. The van der Waals surface area contributed by atoms with Crippen LogP contribution < -0.4 is 21.3 Å². The molecule has 4 amide bonds. The Bertz CT molecular complexity index is 1260. The molecule has 0 fully saturated rings. The molecule has 0 saturated carbocycles. The van der Waals surface area contributed by atoms with Gasteiger partial charge in [-0.05, 0) is 24.3 Å². The van der Waals surface area contributed by atoms with Gasteiger partial charge in [0.1, 0.15) is 23.3 Å². The van der Waals surface area contributed by atoms with E-state index >= 15 is 0 Å². The SMILES string of the molecule is CCC(=O)Nc1cccc(NC(=O)[c-]2[cH-][cH-][cH-][cH-]2)n1.CCC(=O)Nc1cccc(NC(=O)[c-]2cccc2)n1.[Fe]. The number of carbonyl (C=O) groups excluding carboxylic acids is 4. The topological polar surface area (TPSA) is 142 Å². The third-order valence-electron chi connectivity index (χ3n) is 5.01. The molecule has 0 atom stereocenters. The summed E-state index contributed by atoms with van der Waals surface area (Å²) in [5, 5.41) is 10.6. The number of amides is 4. The number of carbonyl (C=O) groups is 4. The molecular weight excluding hydrogens is 540 g/mol. The normalized spacial score (nSPS) is 9.69. The van der Waals surface area contributed by atoms with E-state index in [0.29, 0.717) is 47.2 Å². The van der Waals surface area contributed by atoms with Crippen LogP contribution in [0.1, 0.15) is 47.4 Å². The molecule has 0 radical (unpaired) electrons. The van der Waals surface area contributed by atoms with Crippen molar-refractivity contribution in [3.8, 4) is 0 Å². The van der Waals surface area contributed by atoms with E-state index in [1.165, 1.54) is 0 Å². The van der Waals surface area contributed by atoms with Gasteiger partial charge in [-0.1, -0.05) is 31.5 Å². The Morgan fingerprint density at radius 2 is 1.08 bits per heavy atom. The summed E-state index contributed by atoms with van der Waals surface area (Å²) in [5.41, 5.74) is 1.15. The molecule has 2 aromatic carbocycles. The number of pyridine rings is 2. The van der Waals surface area contributed by atoms with E-state index in [1.54, 1.807) is 98.8 Å². The maximum atomic E-state index is 11.8. The minimum atomic E-state index is -0.225. The van der Waals surface area contributed by atoms with Crippen LogP contribution in [0.15, 0.2) is 84.9 Å². The van der Waals surface area contributed by atoms with Crippen molar-refractivity contribution in [3.05, 3.63) is 96.1 Å². The minimum Gasteiger partial charge on any atom is -0.698 e. The molecule has 4 rings (SSSR count). The Hall–Kier alpha value is -4.60. The average Bonchev–Trinajstić information content (AvgIpc) is 3.64. The second-order valence-corrected chi connectivity index (χ2v) is 7.87. The number of aromatic nitrogens is 2. The molecule has 4 N–H and O–H groups in total. The number of hydrogen-bond donors (Lipinski definition) is 4. The summed E-state index contributed by atoms with van der Waals surface area (Å²) in [4.78, 5) is 54.5. The average molecular weight is 568 g/mol. The van der Waals surface area contributed by atoms with Gasteiger partial charge in [-0.3, -0.25) is 14.4 Å². The number of anilines is 4. The van der Waals surface area contributed by atoms with E-state index in [4.69, 9.17) is 0 Å². The van der Waals surface area contributed by atoms with Crippen molar-refractivity contribution in [2.45, 2.75) is 26.7 Å². The molecule has 10 nitrogen and oxygen atoms in total. The molecule has 0 aliphatic heterocycles. The van der Waals surface area contributed by atoms with Gasteiger partial charge in [-0.25, -0.2) is 22.1 Å². The fourth-order valence-electron chi connectivity index (χ4n) is 3.04. The van der Waals surface area contributed by atoms with Gasteiger partial charge in [-0.15, -0.1) is 0 Å². The monoisotopic (exact) mass is 568 g/mol. The van der Waals surface area contributed by atoms with Crippen molar-refractivity contribution in [1.29, 1.82) is 0 Å². The van der Waals surface area contributed by atoms with E-state index in [9.17, 15) is 19.2 Å². The van der Waals surface area contributed by atoms with Crippen LogP contribution in [0.4, 0.5) is 23.3 Å². The van der Waals surface area contributed by atoms with Crippen molar-refractivity contribution < 1.29 is 36.2 Å². The first-order valence-electron chi connectivity index (χ1n) is 12.0. The molecular formula is C28H28FeN6O4-6. The molecule has 39 heavy (non-hydrogen) atoms. The summed E-state index contributed by atoms with van der Waals surface area (Å²) in [6.07, 6.45) is 0.761. The predicted octanol–water partition coefficient (Wildman–Crippen LogP) is 4.80. The minimum absolute atomic E-state index is 0. The summed E-state index contributed by atoms with van der Waals surface area (Å²) in [6.45, 7) is 3.52. The van der Waals surface area contributed by atoms with Gasteiger partial charge in [0.25, 0.3) is 0 Å².